The molecule has 0 radical (unpaired) electrons. The lowest BCUT2D eigenvalue weighted by Crippen LogP contribution is -2.40. The number of rotatable bonds is 4. The van der Waals surface area contributed by atoms with Gasteiger partial charge in [-0.15, -0.1) is 0 Å². The highest BCUT2D eigenvalue weighted by Crippen LogP contribution is 2.33. The van der Waals surface area contributed by atoms with Crippen LogP contribution in [-0.2, 0) is 16.1 Å². The average Bonchev–Trinajstić information content (AvgIpc) is 3.41. The number of carbonyl (C=O) groups excluding carboxylic acids is 2. The van der Waals surface area contributed by atoms with Gasteiger partial charge in [0, 0.05) is 51.7 Å². The molecule has 2 saturated heterocycles. The number of likely N-dealkylation sites (tertiary alicyclic amines) is 1. The lowest BCUT2D eigenvalue weighted by molar-refractivity contribution is -0.135. The third kappa shape index (κ3) is 3.90. The molecule has 2 heterocycles. The molecule has 2 aliphatic heterocycles. The molecule has 1 atom stereocenters. The number of hydrogen-bond acceptors (Lipinski definition) is 3. The zero-order valence-corrected chi connectivity index (χ0v) is 15.1. The van der Waals surface area contributed by atoms with E-state index in [0.717, 1.165) is 44.5 Å². The number of hydrogen-bond donors (Lipinski definition) is 0. The van der Waals surface area contributed by atoms with E-state index in [1.165, 1.54) is 6.07 Å². The van der Waals surface area contributed by atoms with Gasteiger partial charge >= 0.3 is 0 Å². The lowest BCUT2D eigenvalue weighted by atomic mass is 10.1. The Labute approximate surface area is 153 Å². The summed E-state index contributed by atoms with van der Waals surface area (Å²) in [6.07, 6.45) is 3.46. The third-order valence-electron chi connectivity index (χ3n) is 5.69. The van der Waals surface area contributed by atoms with Crippen molar-refractivity contribution in [2.75, 3.05) is 32.7 Å². The van der Waals surface area contributed by atoms with Gasteiger partial charge in [0.05, 0.1) is 5.92 Å². The first kappa shape index (κ1) is 17.5. The quantitative estimate of drug-likeness (QED) is 0.824. The predicted octanol–water partition coefficient (Wildman–Crippen LogP) is 1.87. The van der Waals surface area contributed by atoms with Gasteiger partial charge in [0.2, 0.25) is 11.8 Å². The zero-order chi connectivity index (χ0) is 18.1. The number of nitrogens with zero attached hydrogens (tertiary/aromatic N) is 3. The minimum absolute atomic E-state index is 0.133. The van der Waals surface area contributed by atoms with Gasteiger partial charge in [-0.05, 0) is 37.0 Å². The summed E-state index contributed by atoms with van der Waals surface area (Å²) in [5.74, 6) is -0.0966. The summed E-state index contributed by atoms with van der Waals surface area (Å²) in [6.45, 7) is 4.42. The van der Waals surface area contributed by atoms with E-state index in [1.54, 1.807) is 12.1 Å². The molecule has 140 valence electrons. The molecule has 1 saturated carbocycles. The molecular weight excluding hydrogens is 333 g/mol. The zero-order valence-electron chi connectivity index (χ0n) is 15.1. The highest BCUT2D eigenvalue weighted by molar-refractivity contribution is 5.89. The topological polar surface area (TPSA) is 43.9 Å². The van der Waals surface area contributed by atoms with Gasteiger partial charge in [0.15, 0.2) is 0 Å². The fourth-order valence-electron chi connectivity index (χ4n) is 4.14. The second-order valence-corrected chi connectivity index (χ2v) is 7.76. The lowest BCUT2D eigenvalue weighted by Gasteiger charge is -2.24. The van der Waals surface area contributed by atoms with Gasteiger partial charge in [-0.2, -0.15) is 0 Å². The molecule has 3 aliphatic rings. The van der Waals surface area contributed by atoms with Crippen molar-refractivity contribution in [2.24, 2.45) is 5.92 Å². The summed E-state index contributed by atoms with van der Waals surface area (Å²) in [6, 6.07) is 7.10. The number of halogens is 1. The monoisotopic (exact) mass is 359 g/mol. The molecule has 3 fully saturated rings. The highest BCUT2D eigenvalue weighted by atomic mass is 19.1. The van der Waals surface area contributed by atoms with Crippen LogP contribution >= 0.6 is 0 Å². The average molecular weight is 359 g/mol. The van der Waals surface area contributed by atoms with Crippen LogP contribution in [0.2, 0.25) is 0 Å². The van der Waals surface area contributed by atoms with E-state index in [4.69, 9.17) is 0 Å². The standard InChI is InChI=1S/C20H26FN3O2/c21-17-4-1-3-15(11-17)13-22-7-2-8-23(10-9-22)20(26)16-12-19(25)24(14-16)18-5-6-18/h1,3-4,11,16,18H,2,5-10,12-14H2/t16-/m0/s1. The minimum Gasteiger partial charge on any atom is -0.341 e. The normalized spacial score (nSPS) is 24.8. The molecule has 4 rings (SSSR count). The Morgan fingerprint density at radius 2 is 2.00 bits per heavy atom. The van der Waals surface area contributed by atoms with E-state index in [0.29, 0.717) is 32.1 Å². The van der Waals surface area contributed by atoms with Crippen LogP contribution in [0.25, 0.3) is 0 Å². The van der Waals surface area contributed by atoms with Gasteiger partial charge in [0.25, 0.3) is 0 Å². The summed E-state index contributed by atoms with van der Waals surface area (Å²) < 4.78 is 13.4. The summed E-state index contributed by atoms with van der Waals surface area (Å²) in [4.78, 5) is 31.1. The van der Waals surface area contributed by atoms with E-state index in [2.05, 4.69) is 4.90 Å². The van der Waals surface area contributed by atoms with Crippen LogP contribution in [0, 0.1) is 11.7 Å². The fourth-order valence-corrected chi connectivity index (χ4v) is 4.14. The minimum atomic E-state index is -0.208. The third-order valence-corrected chi connectivity index (χ3v) is 5.69. The molecular formula is C20H26FN3O2. The first-order chi connectivity index (χ1) is 12.6. The number of amides is 2. The molecule has 0 unspecified atom stereocenters. The molecule has 0 N–H and O–H groups in total. The van der Waals surface area contributed by atoms with Crippen molar-refractivity contribution in [2.45, 2.75) is 38.3 Å². The van der Waals surface area contributed by atoms with E-state index in [-0.39, 0.29) is 23.5 Å². The Morgan fingerprint density at radius 3 is 2.77 bits per heavy atom. The molecule has 6 heteroatoms. The molecule has 2 amide bonds. The van der Waals surface area contributed by atoms with Crippen molar-refractivity contribution in [3.63, 3.8) is 0 Å². The first-order valence-electron chi connectivity index (χ1n) is 9.65. The Hall–Kier alpha value is -1.95. The van der Waals surface area contributed by atoms with Crippen LogP contribution in [0.5, 0.6) is 0 Å². The van der Waals surface area contributed by atoms with E-state index >= 15 is 0 Å². The van der Waals surface area contributed by atoms with Gasteiger partial charge in [-0.25, -0.2) is 4.39 Å². The molecule has 1 aromatic rings. The van der Waals surface area contributed by atoms with Crippen LogP contribution in [0.1, 0.15) is 31.2 Å². The summed E-state index contributed by atoms with van der Waals surface area (Å²) in [5, 5.41) is 0. The van der Waals surface area contributed by atoms with Crippen LogP contribution in [0.3, 0.4) is 0 Å². The molecule has 26 heavy (non-hydrogen) atoms. The van der Waals surface area contributed by atoms with Crippen molar-refractivity contribution in [3.05, 3.63) is 35.6 Å². The van der Waals surface area contributed by atoms with Crippen molar-refractivity contribution >= 4 is 11.8 Å². The second kappa shape index (κ2) is 7.35. The summed E-state index contributed by atoms with van der Waals surface area (Å²) >= 11 is 0. The second-order valence-electron chi connectivity index (χ2n) is 7.76. The van der Waals surface area contributed by atoms with Gasteiger partial charge in [0.1, 0.15) is 5.82 Å². The van der Waals surface area contributed by atoms with E-state index < -0.39 is 0 Å². The predicted molar refractivity (Wildman–Crippen MR) is 95.7 cm³/mol. The maximum atomic E-state index is 13.4. The SMILES string of the molecule is O=C([C@H]1CC(=O)N(C2CC2)C1)N1CCCN(Cc2cccc(F)c2)CC1. The van der Waals surface area contributed by atoms with Crippen LogP contribution in [-0.4, -0.2) is 65.3 Å². The van der Waals surface area contributed by atoms with Crippen LogP contribution in [0.15, 0.2) is 24.3 Å². The Morgan fingerprint density at radius 1 is 1.15 bits per heavy atom. The number of carbonyl (C=O) groups is 2. The van der Waals surface area contributed by atoms with E-state index in [9.17, 15) is 14.0 Å². The number of benzene rings is 1. The van der Waals surface area contributed by atoms with E-state index in [1.807, 2.05) is 15.9 Å². The van der Waals surface area contributed by atoms with Crippen molar-refractivity contribution in [1.29, 1.82) is 0 Å². The maximum absolute atomic E-state index is 13.4. The molecule has 1 aliphatic carbocycles. The van der Waals surface area contributed by atoms with Crippen LogP contribution in [0.4, 0.5) is 4.39 Å². The molecule has 0 spiro atoms. The maximum Gasteiger partial charge on any atom is 0.228 e. The fraction of sp³-hybridized carbons (Fsp3) is 0.600. The van der Waals surface area contributed by atoms with Gasteiger partial charge in [-0.1, -0.05) is 12.1 Å². The largest absolute Gasteiger partial charge is 0.341 e. The highest BCUT2D eigenvalue weighted by Gasteiger charge is 2.42. The summed E-state index contributed by atoms with van der Waals surface area (Å²) in [5.41, 5.74) is 0.964. The van der Waals surface area contributed by atoms with Crippen molar-refractivity contribution in [1.82, 2.24) is 14.7 Å². The van der Waals surface area contributed by atoms with Crippen LogP contribution < -0.4 is 0 Å². The van der Waals surface area contributed by atoms with Gasteiger partial charge < -0.3 is 9.80 Å². The molecule has 0 bridgehead atoms. The molecule has 5 nitrogen and oxygen atoms in total. The van der Waals surface area contributed by atoms with Crippen molar-refractivity contribution < 1.29 is 14.0 Å². The first-order valence-corrected chi connectivity index (χ1v) is 9.65. The molecule has 1 aromatic carbocycles. The Kier molecular flexibility index (Phi) is 4.94. The Balaban J connectivity index is 1.32. The van der Waals surface area contributed by atoms with Crippen molar-refractivity contribution in [3.8, 4) is 0 Å². The van der Waals surface area contributed by atoms with Gasteiger partial charge in [-0.3, -0.25) is 14.5 Å². The summed E-state index contributed by atoms with van der Waals surface area (Å²) in [7, 11) is 0. The molecule has 0 aromatic heterocycles. The smallest absolute Gasteiger partial charge is 0.228 e. The Bertz CT molecular complexity index is 691.